The molecule has 2 rings (SSSR count). The van der Waals surface area contributed by atoms with Crippen molar-refractivity contribution >= 4 is 29.5 Å². The molecule has 4 nitrogen and oxygen atoms in total. The molecule has 0 unspecified atom stereocenters. The Labute approximate surface area is 79.6 Å². The highest BCUT2D eigenvalue weighted by molar-refractivity contribution is 5.89. The number of aromatic nitrogens is 1. The van der Waals surface area contributed by atoms with Gasteiger partial charge in [-0.15, -0.1) is 12.4 Å². The second kappa shape index (κ2) is 3.45. The molecule has 0 bridgehead atoms. The topological polar surface area (TPSA) is 63.3 Å². The molecular formula is C8H6ClNO3. The van der Waals surface area contributed by atoms with Gasteiger partial charge in [-0.05, 0) is 12.1 Å². The highest BCUT2D eigenvalue weighted by Crippen LogP contribution is 2.15. The number of rotatable bonds is 1. The van der Waals surface area contributed by atoms with Crippen LogP contribution in [-0.2, 0) is 0 Å². The summed E-state index contributed by atoms with van der Waals surface area (Å²) in [6, 6.07) is 4.77. The van der Waals surface area contributed by atoms with Gasteiger partial charge in [-0.3, -0.25) is 4.98 Å². The van der Waals surface area contributed by atoms with E-state index in [0.717, 1.165) is 0 Å². The van der Waals surface area contributed by atoms with Crippen LogP contribution in [0.1, 0.15) is 10.6 Å². The van der Waals surface area contributed by atoms with Crippen LogP contribution in [0.5, 0.6) is 0 Å². The minimum atomic E-state index is -1.08. The summed E-state index contributed by atoms with van der Waals surface area (Å²) in [5, 5.41) is 8.56. The van der Waals surface area contributed by atoms with E-state index in [1.165, 1.54) is 6.07 Å². The van der Waals surface area contributed by atoms with Crippen LogP contribution < -0.4 is 0 Å². The van der Waals surface area contributed by atoms with Crippen LogP contribution in [-0.4, -0.2) is 16.1 Å². The Balaban J connectivity index is 0.000000845. The van der Waals surface area contributed by atoms with Gasteiger partial charge in [0.05, 0.1) is 0 Å². The highest BCUT2D eigenvalue weighted by atomic mass is 35.5. The third kappa shape index (κ3) is 1.62. The molecule has 0 saturated heterocycles. The van der Waals surface area contributed by atoms with Crippen molar-refractivity contribution in [2.75, 3.05) is 0 Å². The summed E-state index contributed by atoms with van der Waals surface area (Å²) in [6.45, 7) is 0. The second-order valence-corrected chi connectivity index (χ2v) is 2.30. The summed E-state index contributed by atoms with van der Waals surface area (Å²) in [6.07, 6.45) is 1.59. The summed E-state index contributed by atoms with van der Waals surface area (Å²) < 4.78 is 4.97. The largest absolute Gasteiger partial charge is 0.475 e. The number of fused-ring (bicyclic) bond motifs is 1. The van der Waals surface area contributed by atoms with Crippen LogP contribution >= 0.6 is 12.4 Å². The number of halogens is 1. The quantitative estimate of drug-likeness (QED) is 0.763. The normalized spacial score (nSPS) is 9.54. The molecule has 0 aliphatic heterocycles. The molecule has 0 aliphatic carbocycles. The van der Waals surface area contributed by atoms with Crippen LogP contribution in [0, 0.1) is 0 Å². The number of pyridine rings is 1. The highest BCUT2D eigenvalue weighted by Gasteiger charge is 2.09. The summed E-state index contributed by atoms with van der Waals surface area (Å²) in [4.78, 5) is 14.4. The summed E-state index contributed by atoms with van der Waals surface area (Å²) in [7, 11) is 0. The average molecular weight is 200 g/mol. The fraction of sp³-hybridized carbons (Fsp3) is 0. The standard InChI is InChI=1S/C8H5NO3.ClH/c10-8(11)7-4-5-6(12-7)2-1-3-9-5;/h1-4H,(H,10,11);1H. The van der Waals surface area contributed by atoms with Crippen molar-refractivity contribution in [2.24, 2.45) is 0 Å². The van der Waals surface area contributed by atoms with Gasteiger partial charge in [0, 0.05) is 12.3 Å². The predicted molar refractivity (Wildman–Crippen MR) is 48.2 cm³/mol. The Bertz CT molecular complexity index is 405. The number of carboxylic acids is 1. The number of furan rings is 1. The van der Waals surface area contributed by atoms with Crippen molar-refractivity contribution in [2.45, 2.75) is 0 Å². The smallest absolute Gasteiger partial charge is 0.371 e. The van der Waals surface area contributed by atoms with Gasteiger partial charge in [-0.25, -0.2) is 4.79 Å². The third-order valence-electron chi connectivity index (χ3n) is 1.50. The van der Waals surface area contributed by atoms with E-state index in [4.69, 9.17) is 9.52 Å². The van der Waals surface area contributed by atoms with Crippen molar-refractivity contribution in [3.8, 4) is 0 Å². The lowest BCUT2D eigenvalue weighted by Gasteiger charge is -1.82. The molecule has 0 aromatic carbocycles. The first-order valence-corrected chi connectivity index (χ1v) is 3.35. The molecule has 0 saturated carbocycles. The first-order valence-electron chi connectivity index (χ1n) is 3.35. The number of hydrogen-bond acceptors (Lipinski definition) is 3. The molecule has 0 atom stereocenters. The van der Waals surface area contributed by atoms with Gasteiger partial charge in [-0.1, -0.05) is 0 Å². The number of hydrogen-bond donors (Lipinski definition) is 1. The second-order valence-electron chi connectivity index (χ2n) is 2.30. The van der Waals surface area contributed by atoms with Gasteiger partial charge in [0.15, 0.2) is 5.58 Å². The van der Waals surface area contributed by atoms with Crippen LogP contribution in [0.15, 0.2) is 28.8 Å². The SMILES string of the molecule is Cl.O=C(O)c1cc2ncccc2o1. The van der Waals surface area contributed by atoms with Crippen LogP contribution in [0.2, 0.25) is 0 Å². The lowest BCUT2D eigenvalue weighted by atomic mass is 10.4. The minimum absolute atomic E-state index is 0. The lowest BCUT2D eigenvalue weighted by molar-refractivity contribution is 0.0665. The molecule has 0 radical (unpaired) electrons. The third-order valence-corrected chi connectivity index (χ3v) is 1.50. The van der Waals surface area contributed by atoms with E-state index < -0.39 is 5.97 Å². The van der Waals surface area contributed by atoms with E-state index in [1.54, 1.807) is 18.3 Å². The molecule has 0 amide bonds. The Morgan fingerprint density at radius 3 is 2.92 bits per heavy atom. The lowest BCUT2D eigenvalue weighted by Crippen LogP contribution is -1.91. The molecule has 2 heterocycles. The monoisotopic (exact) mass is 199 g/mol. The Morgan fingerprint density at radius 2 is 2.31 bits per heavy atom. The number of aromatic carboxylic acids is 1. The Morgan fingerprint density at radius 1 is 1.54 bits per heavy atom. The Kier molecular flexibility index (Phi) is 2.53. The molecule has 68 valence electrons. The average Bonchev–Trinajstić information content (AvgIpc) is 2.46. The van der Waals surface area contributed by atoms with Gasteiger partial charge >= 0.3 is 5.97 Å². The maximum atomic E-state index is 10.4. The minimum Gasteiger partial charge on any atom is -0.475 e. The number of carboxylic acid groups (broad SMARTS) is 1. The van der Waals surface area contributed by atoms with E-state index >= 15 is 0 Å². The molecule has 2 aromatic rings. The first-order chi connectivity index (χ1) is 5.77. The Hall–Kier alpha value is -1.55. The number of nitrogens with zero attached hydrogens (tertiary/aromatic N) is 1. The van der Waals surface area contributed by atoms with E-state index in [1.807, 2.05) is 0 Å². The van der Waals surface area contributed by atoms with Crippen LogP contribution in [0.4, 0.5) is 0 Å². The molecular weight excluding hydrogens is 194 g/mol. The van der Waals surface area contributed by atoms with Crippen molar-refractivity contribution in [1.82, 2.24) is 4.98 Å². The molecule has 1 N–H and O–H groups in total. The fourth-order valence-corrected chi connectivity index (χ4v) is 0.975. The van der Waals surface area contributed by atoms with Crippen LogP contribution in [0.25, 0.3) is 11.1 Å². The molecule has 0 spiro atoms. The van der Waals surface area contributed by atoms with E-state index in [0.29, 0.717) is 11.1 Å². The van der Waals surface area contributed by atoms with Gasteiger partial charge in [-0.2, -0.15) is 0 Å². The molecule has 5 heteroatoms. The first kappa shape index (κ1) is 9.54. The number of carbonyl (C=O) groups is 1. The zero-order chi connectivity index (χ0) is 8.55. The van der Waals surface area contributed by atoms with Crippen molar-refractivity contribution in [3.63, 3.8) is 0 Å². The van der Waals surface area contributed by atoms with E-state index in [2.05, 4.69) is 4.98 Å². The van der Waals surface area contributed by atoms with Crippen molar-refractivity contribution in [1.29, 1.82) is 0 Å². The fourth-order valence-electron chi connectivity index (χ4n) is 0.975. The molecule has 0 aliphatic rings. The summed E-state index contributed by atoms with van der Waals surface area (Å²) in [5.74, 6) is -1.16. The van der Waals surface area contributed by atoms with Gasteiger partial charge < -0.3 is 9.52 Å². The van der Waals surface area contributed by atoms with Crippen LogP contribution in [0.3, 0.4) is 0 Å². The van der Waals surface area contributed by atoms with E-state index in [9.17, 15) is 4.79 Å². The molecule has 0 fully saturated rings. The summed E-state index contributed by atoms with van der Waals surface area (Å²) >= 11 is 0. The summed E-state index contributed by atoms with van der Waals surface area (Å²) in [5.41, 5.74) is 1.06. The van der Waals surface area contributed by atoms with Gasteiger partial charge in [0.1, 0.15) is 5.52 Å². The maximum Gasteiger partial charge on any atom is 0.371 e. The van der Waals surface area contributed by atoms with Crippen molar-refractivity contribution in [3.05, 3.63) is 30.2 Å². The molecule has 13 heavy (non-hydrogen) atoms. The van der Waals surface area contributed by atoms with Crippen molar-refractivity contribution < 1.29 is 14.3 Å². The maximum absolute atomic E-state index is 10.4. The van der Waals surface area contributed by atoms with Gasteiger partial charge in [0.25, 0.3) is 0 Å². The molecule has 2 aromatic heterocycles. The van der Waals surface area contributed by atoms with Gasteiger partial charge in [0.2, 0.25) is 5.76 Å². The zero-order valence-electron chi connectivity index (χ0n) is 6.43. The van der Waals surface area contributed by atoms with E-state index in [-0.39, 0.29) is 18.2 Å². The predicted octanol–water partition coefficient (Wildman–Crippen LogP) is 1.95. The zero-order valence-corrected chi connectivity index (χ0v) is 7.25.